The van der Waals surface area contributed by atoms with E-state index in [1.54, 1.807) is 60.5 Å². The van der Waals surface area contributed by atoms with Gasteiger partial charge in [-0.1, -0.05) is 30.3 Å². The summed E-state index contributed by atoms with van der Waals surface area (Å²) in [5, 5.41) is 0. The zero-order chi connectivity index (χ0) is 25.0. The summed E-state index contributed by atoms with van der Waals surface area (Å²) >= 11 is 0. The molecule has 0 atom stereocenters. The lowest BCUT2D eigenvalue weighted by atomic mass is 10.2. The van der Waals surface area contributed by atoms with Crippen molar-refractivity contribution in [1.29, 1.82) is 0 Å². The van der Waals surface area contributed by atoms with Crippen LogP contribution in [0.25, 0.3) is 0 Å². The molecule has 0 unspecified atom stereocenters. The zero-order valence-electron chi connectivity index (χ0n) is 20.8. The van der Waals surface area contributed by atoms with E-state index in [0.717, 1.165) is 5.56 Å². The second-order valence-corrected chi connectivity index (χ2v) is 9.95. The topological polar surface area (TPSA) is 95.0 Å². The third-order valence-corrected chi connectivity index (χ3v) is 4.33. The number of hydrogen-bond acceptors (Lipinski definition) is 5. The van der Waals surface area contributed by atoms with Gasteiger partial charge in [-0.3, -0.25) is 0 Å². The molecule has 10 heteroatoms. The lowest BCUT2D eigenvalue weighted by molar-refractivity contribution is 0.0300. The number of benzene rings is 1. The van der Waals surface area contributed by atoms with Crippen LogP contribution in [0.1, 0.15) is 47.1 Å². The largest absolute Gasteiger partial charge is 0.443 e. The molecule has 0 aromatic heterocycles. The Morgan fingerprint density at radius 2 is 1.45 bits per heavy atom. The Morgan fingerprint density at radius 1 is 0.939 bits per heavy atom. The third kappa shape index (κ3) is 7.96. The van der Waals surface area contributed by atoms with Crippen LogP contribution in [0.15, 0.2) is 35.3 Å². The van der Waals surface area contributed by atoms with Crippen molar-refractivity contribution in [2.45, 2.75) is 59.3 Å². The molecule has 0 N–H and O–H groups in total. The van der Waals surface area contributed by atoms with Gasteiger partial charge >= 0.3 is 18.2 Å². The van der Waals surface area contributed by atoms with Gasteiger partial charge in [0, 0.05) is 14.1 Å². The molecule has 1 heterocycles. The average Bonchev–Trinajstić information content (AvgIpc) is 2.66. The first-order valence-electron chi connectivity index (χ1n) is 10.7. The minimum absolute atomic E-state index is 0.0357. The van der Waals surface area contributed by atoms with Crippen molar-refractivity contribution in [3.8, 4) is 0 Å². The smallest absolute Gasteiger partial charge is 0.437 e. The van der Waals surface area contributed by atoms with Crippen LogP contribution in [0.4, 0.5) is 14.4 Å². The van der Waals surface area contributed by atoms with E-state index in [1.807, 2.05) is 30.3 Å². The van der Waals surface area contributed by atoms with Crippen LogP contribution in [0.3, 0.4) is 0 Å². The maximum Gasteiger partial charge on any atom is 0.437 e. The first-order valence-corrected chi connectivity index (χ1v) is 10.7. The van der Waals surface area contributed by atoms with Gasteiger partial charge in [0.15, 0.2) is 0 Å². The van der Waals surface area contributed by atoms with Gasteiger partial charge in [0.1, 0.15) is 11.2 Å². The summed E-state index contributed by atoms with van der Waals surface area (Å²) in [4.78, 5) is 48.3. The van der Waals surface area contributed by atoms with E-state index in [1.165, 1.54) is 14.7 Å². The van der Waals surface area contributed by atoms with Gasteiger partial charge in [-0.15, -0.1) is 4.99 Å². The third-order valence-electron chi connectivity index (χ3n) is 4.33. The van der Waals surface area contributed by atoms with Crippen molar-refractivity contribution in [2.75, 3.05) is 27.4 Å². The molecule has 33 heavy (non-hydrogen) atoms. The summed E-state index contributed by atoms with van der Waals surface area (Å²) in [7, 11) is 3.26. The Hall–Kier alpha value is -3.30. The summed E-state index contributed by atoms with van der Waals surface area (Å²) in [6, 6.07) is 9.12. The molecule has 0 saturated carbocycles. The van der Waals surface area contributed by atoms with Crippen molar-refractivity contribution in [3.63, 3.8) is 0 Å². The van der Waals surface area contributed by atoms with Gasteiger partial charge in [-0.25, -0.2) is 19.3 Å². The van der Waals surface area contributed by atoms with E-state index in [0.29, 0.717) is 0 Å². The minimum Gasteiger partial charge on any atom is -0.443 e. The second kappa shape index (κ2) is 10.1. The molecule has 0 aliphatic carbocycles. The molecular weight excluding hydrogens is 426 g/mol. The van der Waals surface area contributed by atoms with E-state index in [2.05, 4.69) is 4.99 Å². The molecule has 10 nitrogen and oxygen atoms in total. The van der Waals surface area contributed by atoms with Crippen molar-refractivity contribution < 1.29 is 23.9 Å². The summed E-state index contributed by atoms with van der Waals surface area (Å²) in [5.41, 5.74) is -0.725. The molecule has 0 radical (unpaired) electrons. The lowest BCUT2D eigenvalue weighted by Gasteiger charge is -2.42. The van der Waals surface area contributed by atoms with E-state index < -0.39 is 23.4 Å². The predicted molar refractivity (Wildman–Crippen MR) is 124 cm³/mol. The summed E-state index contributed by atoms with van der Waals surface area (Å²) in [5.74, 6) is 0.0357. The van der Waals surface area contributed by atoms with Crippen LogP contribution in [0.2, 0.25) is 0 Å². The fourth-order valence-electron chi connectivity index (χ4n) is 3.06. The van der Waals surface area contributed by atoms with Crippen LogP contribution in [0.5, 0.6) is 0 Å². The first kappa shape index (κ1) is 26.0. The standard InChI is InChI=1S/C23H35N5O5/c1-22(2,3)32-19(29)24-18(27-15-25(7)20(30)26(8)16-27)28(21(31)33-23(4,5)6)14-17-12-10-9-11-13-17/h9-13H,14-16H2,1-8H3/b24-18-. The molecule has 1 aromatic rings. The van der Waals surface area contributed by atoms with Crippen molar-refractivity contribution in [3.05, 3.63) is 35.9 Å². The fourth-order valence-corrected chi connectivity index (χ4v) is 3.06. The first-order chi connectivity index (χ1) is 15.2. The zero-order valence-corrected chi connectivity index (χ0v) is 20.8. The van der Waals surface area contributed by atoms with Gasteiger partial charge in [-0.2, -0.15) is 0 Å². The number of rotatable bonds is 2. The average molecular weight is 462 g/mol. The molecule has 0 spiro atoms. The molecule has 4 amide bonds. The Morgan fingerprint density at radius 3 is 1.94 bits per heavy atom. The van der Waals surface area contributed by atoms with Gasteiger partial charge in [-0.05, 0) is 47.1 Å². The maximum atomic E-state index is 13.3. The van der Waals surface area contributed by atoms with Gasteiger partial charge in [0.2, 0.25) is 5.96 Å². The molecule has 182 valence electrons. The van der Waals surface area contributed by atoms with Crippen molar-refractivity contribution in [2.24, 2.45) is 4.99 Å². The molecule has 1 fully saturated rings. The van der Waals surface area contributed by atoms with Crippen LogP contribution in [0, 0.1) is 0 Å². The second-order valence-electron chi connectivity index (χ2n) is 9.95. The van der Waals surface area contributed by atoms with Crippen LogP contribution >= 0.6 is 0 Å². The number of guanidine groups is 1. The molecule has 1 aliphatic heterocycles. The lowest BCUT2D eigenvalue weighted by Crippen LogP contribution is -2.60. The molecule has 2 rings (SSSR count). The van der Waals surface area contributed by atoms with Crippen molar-refractivity contribution >= 4 is 24.2 Å². The highest BCUT2D eigenvalue weighted by atomic mass is 16.6. The monoisotopic (exact) mass is 461 g/mol. The van der Waals surface area contributed by atoms with E-state index in [-0.39, 0.29) is 31.9 Å². The molecular formula is C23H35N5O5. The number of nitrogens with zero attached hydrogens (tertiary/aromatic N) is 5. The predicted octanol–water partition coefficient (Wildman–Crippen LogP) is 3.93. The van der Waals surface area contributed by atoms with E-state index in [4.69, 9.17) is 9.47 Å². The normalized spacial score (nSPS) is 15.5. The number of carbonyl (C=O) groups is 3. The SMILES string of the molecule is CN1CN(/C(=N/C(=O)OC(C)(C)C)N(Cc2ccccc2)C(=O)OC(C)(C)C)CN(C)C1=O. The summed E-state index contributed by atoms with van der Waals surface area (Å²) < 4.78 is 11.0. The highest BCUT2D eigenvalue weighted by Crippen LogP contribution is 2.18. The quantitative estimate of drug-likeness (QED) is 0.489. The highest BCUT2D eigenvalue weighted by molar-refractivity contribution is 5.99. The van der Waals surface area contributed by atoms with Gasteiger partial charge in [0.25, 0.3) is 0 Å². The molecule has 1 saturated heterocycles. The Bertz CT molecular complexity index is 875. The number of urea groups is 1. The summed E-state index contributed by atoms with van der Waals surface area (Å²) in [6.45, 7) is 10.8. The van der Waals surface area contributed by atoms with Crippen LogP contribution in [-0.4, -0.2) is 82.4 Å². The van der Waals surface area contributed by atoms with E-state index >= 15 is 0 Å². The van der Waals surface area contributed by atoms with Gasteiger partial charge in [0.05, 0.1) is 19.9 Å². The Kier molecular flexibility index (Phi) is 7.94. The Balaban J connectivity index is 2.53. The number of carbonyl (C=O) groups excluding carboxylic acids is 3. The molecule has 1 aliphatic rings. The Labute approximate surface area is 195 Å². The van der Waals surface area contributed by atoms with Gasteiger partial charge < -0.3 is 24.2 Å². The number of amides is 4. The van der Waals surface area contributed by atoms with Crippen LogP contribution < -0.4 is 0 Å². The van der Waals surface area contributed by atoms with Crippen LogP contribution in [-0.2, 0) is 16.0 Å². The maximum absolute atomic E-state index is 13.3. The van der Waals surface area contributed by atoms with E-state index in [9.17, 15) is 14.4 Å². The number of ether oxygens (including phenoxy) is 2. The highest BCUT2D eigenvalue weighted by Gasteiger charge is 2.35. The van der Waals surface area contributed by atoms with Crippen molar-refractivity contribution in [1.82, 2.24) is 19.6 Å². The fraction of sp³-hybridized carbons (Fsp3) is 0.565. The molecule has 1 aromatic carbocycles. The minimum atomic E-state index is -0.846. The number of aliphatic imine (C=N–C) groups is 1. The molecule has 0 bridgehead atoms. The summed E-state index contributed by atoms with van der Waals surface area (Å²) in [6.07, 6.45) is -1.52. The number of hydrogen-bond donors (Lipinski definition) is 0.